The van der Waals surface area contributed by atoms with E-state index >= 15 is 0 Å². The Bertz CT molecular complexity index is 542. The normalized spacial score (nSPS) is 14.3. The lowest BCUT2D eigenvalue weighted by Gasteiger charge is -2.23. The molecule has 0 amide bonds. The lowest BCUT2D eigenvalue weighted by Crippen LogP contribution is -2.23. The maximum absolute atomic E-state index is 11.3. The number of benzene rings is 1. The van der Waals surface area contributed by atoms with Crippen LogP contribution in [0.3, 0.4) is 0 Å². The lowest BCUT2D eigenvalue weighted by molar-refractivity contribution is -0.140. The number of carbonyl (C=O) groups is 2. The SMILES string of the molecule is CC(C(=O)O)c1ccc(OC(C)(C)C)cc1C(C)C(=O)O. The number of carboxylic acids is 2. The topological polar surface area (TPSA) is 83.8 Å². The number of hydrogen-bond donors (Lipinski definition) is 2. The minimum atomic E-state index is -0.998. The second-order valence-electron chi connectivity index (χ2n) is 6.13. The first-order valence-electron chi connectivity index (χ1n) is 6.81. The van der Waals surface area contributed by atoms with E-state index in [2.05, 4.69) is 0 Å². The Labute approximate surface area is 124 Å². The van der Waals surface area contributed by atoms with Gasteiger partial charge in [-0.2, -0.15) is 0 Å². The van der Waals surface area contributed by atoms with Gasteiger partial charge in [-0.1, -0.05) is 6.07 Å². The molecule has 116 valence electrons. The summed E-state index contributed by atoms with van der Waals surface area (Å²) in [6.07, 6.45) is 0. The van der Waals surface area contributed by atoms with Crippen LogP contribution in [0.1, 0.15) is 57.6 Å². The van der Waals surface area contributed by atoms with Gasteiger partial charge in [0.15, 0.2) is 0 Å². The number of carboxylic acid groups (broad SMARTS) is 2. The van der Waals surface area contributed by atoms with Crippen molar-refractivity contribution >= 4 is 11.9 Å². The Morgan fingerprint density at radius 3 is 1.90 bits per heavy atom. The molecular weight excluding hydrogens is 272 g/mol. The molecule has 0 radical (unpaired) electrons. The van der Waals surface area contributed by atoms with Crippen LogP contribution in [0.5, 0.6) is 5.75 Å². The van der Waals surface area contributed by atoms with Gasteiger partial charge in [0.1, 0.15) is 11.4 Å². The zero-order valence-electron chi connectivity index (χ0n) is 13.0. The fraction of sp³-hybridized carbons (Fsp3) is 0.500. The number of hydrogen-bond acceptors (Lipinski definition) is 3. The molecule has 0 saturated heterocycles. The second-order valence-corrected chi connectivity index (χ2v) is 6.13. The van der Waals surface area contributed by atoms with Gasteiger partial charge in [0.25, 0.3) is 0 Å². The van der Waals surface area contributed by atoms with Crippen LogP contribution < -0.4 is 4.74 Å². The summed E-state index contributed by atoms with van der Waals surface area (Å²) in [6, 6.07) is 4.94. The van der Waals surface area contributed by atoms with Gasteiger partial charge in [0.05, 0.1) is 11.8 Å². The van der Waals surface area contributed by atoms with E-state index in [4.69, 9.17) is 9.84 Å². The van der Waals surface area contributed by atoms with E-state index in [0.29, 0.717) is 16.9 Å². The molecule has 1 aromatic rings. The molecule has 0 aliphatic rings. The van der Waals surface area contributed by atoms with Crippen LogP contribution in [-0.4, -0.2) is 27.8 Å². The highest BCUT2D eigenvalue weighted by molar-refractivity contribution is 5.80. The molecule has 0 aromatic heterocycles. The van der Waals surface area contributed by atoms with Crippen LogP contribution in [0.15, 0.2) is 18.2 Å². The van der Waals surface area contributed by atoms with Crippen molar-refractivity contribution in [2.45, 2.75) is 52.1 Å². The molecule has 2 N–H and O–H groups in total. The molecule has 2 atom stereocenters. The second kappa shape index (κ2) is 6.16. The van der Waals surface area contributed by atoms with E-state index < -0.39 is 29.4 Å². The monoisotopic (exact) mass is 294 g/mol. The molecule has 0 aliphatic heterocycles. The standard InChI is InChI=1S/C16H22O5/c1-9(14(17)18)12-7-6-11(21-16(3,4)5)8-13(12)10(2)15(19)20/h6-10H,1-5H3,(H,17,18)(H,19,20). The third-order valence-corrected chi connectivity index (χ3v) is 3.16. The zero-order valence-corrected chi connectivity index (χ0v) is 13.0. The zero-order chi connectivity index (χ0) is 16.4. The van der Waals surface area contributed by atoms with Gasteiger partial charge in [0.2, 0.25) is 0 Å². The minimum absolute atomic E-state index is 0.413. The first-order chi connectivity index (χ1) is 9.53. The third kappa shape index (κ3) is 4.48. The van der Waals surface area contributed by atoms with Gasteiger partial charge < -0.3 is 14.9 Å². The van der Waals surface area contributed by atoms with Crippen molar-refractivity contribution in [2.75, 3.05) is 0 Å². The Kier molecular flexibility index (Phi) is 4.99. The predicted molar refractivity (Wildman–Crippen MR) is 78.9 cm³/mol. The largest absolute Gasteiger partial charge is 0.488 e. The summed E-state index contributed by atoms with van der Waals surface area (Å²) in [5.74, 6) is -3.03. The summed E-state index contributed by atoms with van der Waals surface area (Å²) < 4.78 is 5.73. The maximum atomic E-state index is 11.3. The number of aliphatic carboxylic acids is 2. The fourth-order valence-electron chi connectivity index (χ4n) is 2.01. The molecule has 0 saturated carbocycles. The fourth-order valence-corrected chi connectivity index (χ4v) is 2.01. The molecule has 0 fully saturated rings. The summed E-state index contributed by atoms with van der Waals surface area (Å²) >= 11 is 0. The smallest absolute Gasteiger partial charge is 0.310 e. The van der Waals surface area contributed by atoms with Crippen LogP contribution in [-0.2, 0) is 9.59 Å². The van der Waals surface area contributed by atoms with Crippen LogP contribution in [0.25, 0.3) is 0 Å². The highest BCUT2D eigenvalue weighted by Crippen LogP contribution is 2.31. The quantitative estimate of drug-likeness (QED) is 0.871. The third-order valence-electron chi connectivity index (χ3n) is 3.16. The van der Waals surface area contributed by atoms with Crippen LogP contribution in [0, 0.1) is 0 Å². The van der Waals surface area contributed by atoms with Crippen LogP contribution in [0.4, 0.5) is 0 Å². The lowest BCUT2D eigenvalue weighted by atomic mass is 9.88. The van der Waals surface area contributed by atoms with Gasteiger partial charge in [-0.05, 0) is 57.9 Å². The van der Waals surface area contributed by atoms with Crippen LogP contribution in [0.2, 0.25) is 0 Å². The summed E-state index contributed by atoms with van der Waals surface area (Å²) in [6.45, 7) is 8.75. The Hall–Kier alpha value is -2.04. The Morgan fingerprint density at radius 2 is 1.48 bits per heavy atom. The summed E-state index contributed by atoms with van der Waals surface area (Å²) in [5, 5.41) is 18.4. The molecule has 21 heavy (non-hydrogen) atoms. The molecule has 5 heteroatoms. The minimum Gasteiger partial charge on any atom is -0.488 e. The molecule has 0 bridgehead atoms. The van der Waals surface area contributed by atoms with E-state index in [1.165, 1.54) is 6.92 Å². The molecule has 0 heterocycles. The molecule has 0 spiro atoms. The predicted octanol–water partition coefficient (Wildman–Crippen LogP) is 3.24. The first-order valence-corrected chi connectivity index (χ1v) is 6.81. The van der Waals surface area contributed by atoms with Crippen molar-refractivity contribution in [3.8, 4) is 5.75 Å². The van der Waals surface area contributed by atoms with Gasteiger partial charge >= 0.3 is 11.9 Å². The summed E-state index contributed by atoms with van der Waals surface area (Å²) in [4.78, 5) is 22.4. The average Bonchev–Trinajstić information content (AvgIpc) is 2.34. The highest BCUT2D eigenvalue weighted by atomic mass is 16.5. The average molecular weight is 294 g/mol. The van der Waals surface area contributed by atoms with Gasteiger partial charge in [-0.3, -0.25) is 9.59 Å². The van der Waals surface area contributed by atoms with E-state index in [0.717, 1.165) is 0 Å². The van der Waals surface area contributed by atoms with Crippen molar-refractivity contribution in [1.29, 1.82) is 0 Å². The molecule has 1 rings (SSSR count). The van der Waals surface area contributed by atoms with Gasteiger partial charge in [0, 0.05) is 0 Å². The first kappa shape index (κ1) is 17.0. The van der Waals surface area contributed by atoms with Crippen LogP contribution >= 0.6 is 0 Å². The van der Waals surface area contributed by atoms with Gasteiger partial charge in [-0.15, -0.1) is 0 Å². The molecule has 0 aliphatic carbocycles. The molecule has 5 nitrogen and oxygen atoms in total. The van der Waals surface area contributed by atoms with E-state index in [1.807, 2.05) is 20.8 Å². The van der Waals surface area contributed by atoms with Crippen molar-refractivity contribution in [1.82, 2.24) is 0 Å². The molecule has 2 unspecified atom stereocenters. The van der Waals surface area contributed by atoms with E-state index in [1.54, 1.807) is 25.1 Å². The number of ether oxygens (including phenoxy) is 1. The Morgan fingerprint density at radius 1 is 1.00 bits per heavy atom. The van der Waals surface area contributed by atoms with Crippen molar-refractivity contribution in [3.63, 3.8) is 0 Å². The maximum Gasteiger partial charge on any atom is 0.310 e. The van der Waals surface area contributed by atoms with Gasteiger partial charge in [-0.25, -0.2) is 0 Å². The molecular formula is C16H22O5. The van der Waals surface area contributed by atoms with E-state index in [9.17, 15) is 14.7 Å². The summed E-state index contributed by atoms with van der Waals surface area (Å²) in [5.41, 5.74) is 0.557. The molecule has 1 aromatic carbocycles. The van der Waals surface area contributed by atoms with Crippen molar-refractivity contribution < 1.29 is 24.5 Å². The summed E-state index contributed by atoms with van der Waals surface area (Å²) in [7, 11) is 0. The van der Waals surface area contributed by atoms with Crippen molar-refractivity contribution in [3.05, 3.63) is 29.3 Å². The van der Waals surface area contributed by atoms with Crippen molar-refractivity contribution in [2.24, 2.45) is 0 Å². The Balaban J connectivity index is 3.33. The highest BCUT2D eigenvalue weighted by Gasteiger charge is 2.25. The number of rotatable bonds is 5. The van der Waals surface area contributed by atoms with E-state index in [-0.39, 0.29) is 0 Å².